The zero-order valence-corrected chi connectivity index (χ0v) is 10.9. The van der Waals surface area contributed by atoms with Crippen LogP contribution in [0, 0.1) is 5.82 Å². The number of aromatic nitrogens is 2. The molecule has 5 heteroatoms. The van der Waals surface area contributed by atoms with Crippen molar-refractivity contribution in [1.82, 2.24) is 15.1 Å². The van der Waals surface area contributed by atoms with Crippen LogP contribution in [0.4, 0.5) is 4.39 Å². The van der Waals surface area contributed by atoms with Crippen molar-refractivity contribution in [1.29, 1.82) is 0 Å². The van der Waals surface area contributed by atoms with E-state index in [2.05, 4.69) is 17.3 Å². The zero-order chi connectivity index (χ0) is 13.0. The summed E-state index contributed by atoms with van der Waals surface area (Å²) in [5.74, 6) is -0.300. The maximum Gasteiger partial charge on any atom is 0.149 e. The summed E-state index contributed by atoms with van der Waals surface area (Å²) < 4.78 is 15.4. The van der Waals surface area contributed by atoms with E-state index in [1.54, 1.807) is 12.3 Å². The third-order valence-corrected chi connectivity index (χ3v) is 2.79. The molecule has 0 unspecified atom stereocenters. The first-order valence-electron chi connectivity index (χ1n) is 5.91. The van der Waals surface area contributed by atoms with E-state index in [4.69, 9.17) is 11.6 Å². The van der Waals surface area contributed by atoms with E-state index in [0.717, 1.165) is 18.5 Å². The molecule has 1 aromatic heterocycles. The van der Waals surface area contributed by atoms with Crippen molar-refractivity contribution in [3.05, 3.63) is 47.0 Å². The van der Waals surface area contributed by atoms with Crippen LogP contribution in [-0.2, 0) is 6.54 Å². The number of nitrogens with zero attached hydrogens (tertiary/aromatic N) is 2. The third kappa shape index (κ3) is 2.89. The lowest BCUT2D eigenvalue weighted by Gasteiger charge is -2.11. The molecule has 1 N–H and O–H groups in total. The highest BCUT2D eigenvalue weighted by Gasteiger charge is 2.11. The Labute approximate surface area is 111 Å². The Kier molecular flexibility index (Phi) is 4.33. The van der Waals surface area contributed by atoms with Gasteiger partial charge in [0.05, 0.1) is 11.2 Å². The van der Waals surface area contributed by atoms with Crippen LogP contribution in [0.3, 0.4) is 0 Å². The van der Waals surface area contributed by atoms with Gasteiger partial charge in [0.2, 0.25) is 0 Å². The van der Waals surface area contributed by atoms with Crippen LogP contribution in [0.1, 0.15) is 18.9 Å². The van der Waals surface area contributed by atoms with Gasteiger partial charge < -0.3 is 5.32 Å². The number of nitrogens with one attached hydrogen (secondary N) is 1. The van der Waals surface area contributed by atoms with E-state index >= 15 is 0 Å². The van der Waals surface area contributed by atoms with Crippen molar-refractivity contribution in [2.24, 2.45) is 0 Å². The highest BCUT2D eigenvalue weighted by Crippen LogP contribution is 2.19. The fraction of sp³-hybridized carbons (Fsp3) is 0.308. The molecule has 1 aromatic carbocycles. The second kappa shape index (κ2) is 5.98. The number of hydrogen-bond donors (Lipinski definition) is 1. The molecule has 0 spiro atoms. The Morgan fingerprint density at radius 2 is 2.28 bits per heavy atom. The molecule has 2 rings (SSSR count). The molecule has 18 heavy (non-hydrogen) atoms. The molecule has 0 bridgehead atoms. The van der Waals surface area contributed by atoms with Crippen LogP contribution in [0.5, 0.6) is 0 Å². The van der Waals surface area contributed by atoms with Crippen molar-refractivity contribution in [3.63, 3.8) is 0 Å². The number of rotatable bonds is 5. The average molecular weight is 268 g/mol. The van der Waals surface area contributed by atoms with Gasteiger partial charge in [0, 0.05) is 12.7 Å². The van der Waals surface area contributed by atoms with Gasteiger partial charge in [-0.1, -0.05) is 30.7 Å². The first kappa shape index (κ1) is 13.1. The van der Waals surface area contributed by atoms with E-state index < -0.39 is 0 Å². The largest absolute Gasteiger partial charge is 0.313 e. The van der Waals surface area contributed by atoms with Crippen molar-refractivity contribution in [2.45, 2.75) is 19.9 Å². The molecule has 0 aliphatic carbocycles. The van der Waals surface area contributed by atoms with E-state index in [1.165, 1.54) is 16.9 Å². The molecule has 0 fully saturated rings. The maximum atomic E-state index is 13.9. The molecule has 0 aliphatic heterocycles. The van der Waals surface area contributed by atoms with Gasteiger partial charge in [0.1, 0.15) is 11.5 Å². The molecular weight excluding hydrogens is 253 g/mol. The first-order chi connectivity index (χ1) is 8.72. The Hall–Kier alpha value is -1.39. The molecule has 2 aromatic rings. The fourth-order valence-electron chi connectivity index (χ4n) is 1.78. The SMILES string of the molecule is CCCNCc1cccc(F)c1-n1cc(Cl)cn1. The van der Waals surface area contributed by atoms with E-state index in [0.29, 0.717) is 17.3 Å². The topological polar surface area (TPSA) is 29.9 Å². The summed E-state index contributed by atoms with van der Waals surface area (Å²) in [7, 11) is 0. The quantitative estimate of drug-likeness (QED) is 0.844. The Balaban J connectivity index is 2.32. The predicted octanol–water partition coefficient (Wildman–Crippen LogP) is 3.16. The molecule has 0 aliphatic rings. The first-order valence-corrected chi connectivity index (χ1v) is 6.29. The van der Waals surface area contributed by atoms with E-state index in [-0.39, 0.29) is 5.82 Å². The predicted molar refractivity (Wildman–Crippen MR) is 70.5 cm³/mol. The van der Waals surface area contributed by atoms with Crippen LogP contribution in [0.25, 0.3) is 5.69 Å². The second-order valence-electron chi connectivity index (χ2n) is 4.03. The van der Waals surface area contributed by atoms with Gasteiger partial charge in [-0.2, -0.15) is 5.10 Å². The van der Waals surface area contributed by atoms with Crippen molar-refractivity contribution in [2.75, 3.05) is 6.54 Å². The summed E-state index contributed by atoms with van der Waals surface area (Å²) in [6.07, 6.45) is 4.14. The van der Waals surface area contributed by atoms with Crippen molar-refractivity contribution >= 4 is 11.6 Å². The zero-order valence-electron chi connectivity index (χ0n) is 10.2. The third-order valence-electron chi connectivity index (χ3n) is 2.59. The molecule has 0 atom stereocenters. The molecule has 1 heterocycles. The molecule has 3 nitrogen and oxygen atoms in total. The second-order valence-corrected chi connectivity index (χ2v) is 4.46. The lowest BCUT2D eigenvalue weighted by atomic mass is 10.1. The maximum absolute atomic E-state index is 13.9. The summed E-state index contributed by atoms with van der Waals surface area (Å²) in [6, 6.07) is 5.01. The van der Waals surface area contributed by atoms with Crippen LogP contribution in [-0.4, -0.2) is 16.3 Å². The fourth-order valence-corrected chi connectivity index (χ4v) is 1.92. The highest BCUT2D eigenvalue weighted by molar-refractivity contribution is 6.30. The van der Waals surface area contributed by atoms with E-state index in [1.807, 2.05) is 6.07 Å². The van der Waals surface area contributed by atoms with Crippen molar-refractivity contribution in [3.8, 4) is 5.69 Å². The highest BCUT2D eigenvalue weighted by atomic mass is 35.5. The minimum absolute atomic E-state index is 0.300. The Morgan fingerprint density at radius 3 is 2.94 bits per heavy atom. The monoisotopic (exact) mass is 267 g/mol. The summed E-state index contributed by atoms with van der Waals surface area (Å²) >= 11 is 5.82. The lowest BCUT2D eigenvalue weighted by Crippen LogP contribution is -2.16. The molecule has 0 saturated heterocycles. The number of halogens is 2. The van der Waals surface area contributed by atoms with Crippen LogP contribution in [0.15, 0.2) is 30.6 Å². The van der Waals surface area contributed by atoms with Gasteiger partial charge in [0.25, 0.3) is 0 Å². The van der Waals surface area contributed by atoms with Gasteiger partial charge in [-0.25, -0.2) is 9.07 Å². The smallest absolute Gasteiger partial charge is 0.149 e. The average Bonchev–Trinajstić information content (AvgIpc) is 2.76. The van der Waals surface area contributed by atoms with Crippen LogP contribution in [0.2, 0.25) is 5.02 Å². The number of benzene rings is 1. The summed E-state index contributed by atoms with van der Waals surface area (Å²) in [6.45, 7) is 3.60. The molecule has 0 saturated carbocycles. The van der Waals surface area contributed by atoms with Gasteiger partial charge >= 0.3 is 0 Å². The van der Waals surface area contributed by atoms with Gasteiger partial charge in [-0.15, -0.1) is 0 Å². The molecule has 0 radical (unpaired) electrons. The summed E-state index contributed by atoms with van der Waals surface area (Å²) in [5.41, 5.74) is 1.32. The Morgan fingerprint density at radius 1 is 1.44 bits per heavy atom. The molecule has 96 valence electrons. The van der Waals surface area contributed by atoms with Gasteiger partial charge in [-0.3, -0.25) is 0 Å². The summed E-state index contributed by atoms with van der Waals surface area (Å²) in [5, 5.41) is 7.80. The van der Waals surface area contributed by atoms with Crippen molar-refractivity contribution < 1.29 is 4.39 Å². The lowest BCUT2D eigenvalue weighted by molar-refractivity contribution is 0.600. The van der Waals surface area contributed by atoms with Gasteiger partial charge in [0.15, 0.2) is 0 Å². The minimum Gasteiger partial charge on any atom is -0.313 e. The molecule has 0 amide bonds. The van der Waals surface area contributed by atoms with E-state index in [9.17, 15) is 4.39 Å². The number of hydrogen-bond acceptors (Lipinski definition) is 2. The standard InChI is InChI=1S/C13H15ClFN3/c1-2-6-16-7-10-4-3-5-12(15)13(10)18-9-11(14)8-17-18/h3-5,8-9,16H,2,6-7H2,1H3. The Bertz CT molecular complexity index is 525. The molecular formula is C13H15ClFN3. The minimum atomic E-state index is -0.300. The van der Waals surface area contributed by atoms with Crippen LogP contribution >= 0.6 is 11.6 Å². The summed E-state index contributed by atoms with van der Waals surface area (Å²) in [4.78, 5) is 0. The van der Waals surface area contributed by atoms with Gasteiger partial charge in [-0.05, 0) is 24.6 Å². The normalized spacial score (nSPS) is 10.8. The number of para-hydroxylation sites is 1. The van der Waals surface area contributed by atoms with Crippen LogP contribution < -0.4 is 5.32 Å².